The van der Waals surface area contributed by atoms with Crippen LogP contribution in [0.5, 0.6) is 0 Å². The fourth-order valence-electron chi connectivity index (χ4n) is 3.76. The van der Waals surface area contributed by atoms with Crippen molar-refractivity contribution in [3.8, 4) is 0 Å². The van der Waals surface area contributed by atoms with Crippen LogP contribution in [0.3, 0.4) is 0 Å². The van der Waals surface area contributed by atoms with Crippen LogP contribution < -0.4 is 10.9 Å². The Labute approximate surface area is 195 Å². The van der Waals surface area contributed by atoms with Crippen LogP contribution in [0.4, 0.5) is 0 Å². The lowest BCUT2D eigenvalue weighted by molar-refractivity contribution is 0.0676. The Morgan fingerprint density at radius 2 is 1.03 bits per heavy atom. The first-order valence-electron chi connectivity index (χ1n) is 10.2. The van der Waals surface area contributed by atoms with Gasteiger partial charge in [-0.05, 0) is 36.4 Å². The second-order valence-corrected chi connectivity index (χ2v) is 7.50. The molecular weight excluding hydrogens is 456 g/mol. The van der Waals surface area contributed by atoms with E-state index in [1.165, 1.54) is 24.3 Å². The first kappa shape index (κ1) is 21.5. The van der Waals surface area contributed by atoms with Gasteiger partial charge in [0.2, 0.25) is 0 Å². The number of nitrogens with zero attached hydrogens (tertiary/aromatic N) is 2. The van der Waals surface area contributed by atoms with E-state index in [-0.39, 0.29) is 22.9 Å². The molecule has 0 radical (unpaired) electrons. The van der Waals surface area contributed by atoms with Crippen LogP contribution >= 0.6 is 0 Å². The summed E-state index contributed by atoms with van der Waals surface area (Å²) in [6, 6.07) is 18.9. The zero-order valence-electron chi connectivity index (χ0n) is 17.8. The molecule has 0 saturated carbocycles. The summed E-state index contributed by atoms with van der Waals surface area (Å²) in [5.41, 5.74) is 5.53. The van der Waals surface area contributed by atoms with Crippen LogP contribution in [0.1, 0.15) is 42.1 Å². The van der Waals surface area contributed by atoms with Gasteiger partial charge in [0.25, 0.3) is 0 Å². The SMILES string of the molecule is O=C(Nn1c(C(=O)O)cc2ccccc21)c1ccc(C(=O)Nn2c(C(=O)O)cc3ccccc32)o1. The van der Waals surface area contributed by atoms with Gasteiger partial charge in [-0.1, -0.05) is 36.4 Å². The zero-order valence-corrected chi connectivity index (χ0v) is 17.8. The van der Waals surface area contributed by atoms with Gasteiger partial charge in [-0.2, -0.15) is 0 Å². The number of carbonyl (C=O) groups excluding carboxylic acids is 2. The number of aromatic carboxylic acids is 2. The number of rotatable bonds is 6. The van der Waals surface area contributed by atoms with E-state index >= 15 is 0 Å². The molecule has 11 heteroatoms. The third-order valence-electron chi connectivity index (χ3n) is 5.34. The summed E-state index contributed by atoms with van der Waals surface area (Å²) in [5.74, 6) is -4.56. The number of furan rings is 1. The fraction of sp³-hybridized carbons (Fsp3) is 0. The van der Waals surface area contributed by atoms with Crippen molar-refractivity contribution in [2.75, 3.05) is 10.9 Å². The molecule has 0 aliphatic rings. The molecule has 3 aromatic heterocycles. The smallest absolute Gasteiger partial charge is 0.354 e. The molecule has 0 aliphatic heterocycles. The van der Waals surface area contributed by atoms with Crippen LogP contribution in [0.2, 0.25) is 0 Å². The van der Waals surface area contributed by atoms with E-state index in [4.69, 9.17) is 4.42 Å². The maximum absolute atomic E-state index is 12.8. The third kappa shape index (κ3) is 3.76. The molecule has 3 heterocycles. The van der Waals surface area contributed by atoms with Gasteiger partial charge in [-0.15, -0.1) is 0 Å². The fourth-order valence-corrected chi connectivity index (χ4v) is 3.76. The van der Waals surface area contributed by atoms with Crippen molar-refractivity contribution >= 4 is 45.6 Å². The molecule has 5 rings (SSSR count). The highest BCUT2D eigenvalue weighted by atomic mass is 16.4. The summed E-state index contributed by atoms with van der Waals surface area (Å²) in [6.07, 6.45) is 0. The highest BCUT2D eigenvalue weighted by molar-refractivity contribution is 6.04. The molecule has 0 aliphatic carbocycles. The first-order valence-corrected chi connectivity index (χ1v) is 10.2. The molecule has 5 aromatic rings. The third-order valence-corrected chi connectivity index (χ3v) is 5.34. The summed E-state index contributed by atoms with van der Waals surface area (Å²) in [7, 11) is 0. The molecule has 174 valence electrons. The second kappa shape index (κ2) is 8.23. The molecule has 0 unspecified atom stereocenters. The van der Waals surface area contributed by atoms with Crippen molar-refractivity contribution < 1.29 is 33.8 Å². The molecule has 0 bridgehead atoms. The van der Waals surface area contributed by atoms with E-state index in [9.17, 15) is 29.4 Å². The number of carboxylic acids is 2. The van der Waals surface area contributed by atoms with Gasteiger partial charge in [0, 0.05) is 10.8 Å². The van der Waals surface area contributed by atoms with Gasteiger partial charge in [0.15, 0.2) is 11.5 Å². The quantitative estimate of drug-likeness (QED) is 0.295. The van der Waals surface area contributed by atoms with Crippen molar-refractivity contribution in [1.82, 2.24) is 9.35 Å². The van der Waals surface area contributed by atoms with Crippen molar-refractivity contribution in [3.05, 3.63) is 95.7 Å². The van der Waals surface area contributed by atoms with Crippen molar-refractivity contribution in [2.24, 2.45) is 0 Å². The van der Waals surface area contributed by atoms with Gasteiger partial charge in [-0.3, -0.25) is 20.4 Å². The molecule has 35 heavy (non-hydrogen) atoms. The van der Waals surface area contributed by atoms with Crippen LogP contribution in [0.25, 0.3) is 21.8 Å². The number of benzene rings is 2. The van der Waals surface area contributed by atoms with Crippen LogP contribution in [0.15, 0.2) is 77.2 Å². The van der Waals surface area contributed by atoms with Gasteiger partial charge in [-0.25, -0.2) is 18.9 Å². The monoisotopic (exact) mass is 472 g/mol. The molecular formula is C24H16N4O7. The number of nitrogens with one attached hydrogen (secondary N) is 2. The first-order chi connectivity index (χ1) is 16.8. The lowest BCUT2D eigenvalue weighted by Crippen LogP contribution is -2.26. The van der Waals surface area contributed by atoms with Crippen LogP contribution in [-0.2, 0) is 0 Å². The molecule has 4 N–H and O–H groups in total. The number of carbonyl (C=O) groups is 4. The second-order valence-electron chi connectivity index (χ2n) is 7.50. The maximum Gasteiger partial charge on any atom is 0.354 e. The number of carboxylic acid groups (broad SMARTS) is 2. The Balaban J connectivity index is 1.41. The average molecular weight is 472 g/mol. The number of fused-ring (bicyclic) bond motifs is 2. The van der Waals surface area contributed by atoms with Crippen molar-refractivity contribution in [3.63, 3.8) is 0 Å². The zero-order chi connectivity index (χ0) is 24.7. The number of aromatic nitrogens is 2. The van der Waals surface area contributed by atoms with Gasteiger partial charge < -0.3 is 14.6 Å². The molecule has 0 atom stereocenters. The van der Waals surface area contributed by atoms with E-state index in [1.807, 2.05) is 0 Å². The summed E-state index contributed by atoms with van der Waals surface area (Å²) in [4.78, 5) is 48.8. The Hall–Kier alpha value is -5.32. The Kier molecular flexibility index (Phi) is 5.06. The summed E-state index contributed by atoms with van der Waals surface area (Å²) < 4.78 is 7.62. The van der Waals surface area contributed by atoms with E-state index in [1.54, 1.807) is 48.5 Å². The van der Waals surface area contributed by atoms with Crippen molar-refractivity contribution in [1.29, 1.82) is 0 Å². The molecule has 0 saturated heterocycles. The van der Waals surface area contributed by atoms with Gasteiger partial charge in [0.05, 0.1) is 11.0 Å². The molecule has 2 aromatic carbocycles. The molecule has 0 fully saturated rings. The minimum absolute atomic E-state index is 0.162. The highest BCUT2D eigenvalue weighted by Gasteiger charge is 2.22. The van der Waals surface area contributed by atoms with E-state index in [2.05, 4.69) is 10.9 Å². The van der Waals surface area contributed by atoms with E-state index < -0.39 is 23.8 Å². The van der Waals surface area contributed by atoms with Crippen LogP contribution in [0, 0.1) is 0 Å². The number of amides is 2. The Morgan fingerprint density at radius 3 is 1.43 bits per heavy atom. The minimum atomic E-state index is -1.24. The van der Waals surface area contributed by atoms with E-state index in [0.717, 1.165) is 9.35 Å². The molecule has 2 amide bonds. The molecule has 11 nitrogen and oxygen atoms in total. The maximum atomic E-state index is 12.8. The number of hydrogen-bond acceptors (Lipinski definition) is 5. The number of para-hydroxylation sites is 2. The highest BCUT2D eigenvalue weighted by Crippen LogP contribution is 2.21. The lowest BCUT2D eigenvalue weighted by atomic mass is 10.2. The topological polar surface area (TPSA) is 156 Å². The Morgan fingerprint density at radius 1 is 0.629 bits per heavy atom. The van der Waals surface area contributed by atoms with E-state index in [0.29, 0.717) is 21.8 Å². The standard InChI is InChI=1S/C24H16N4O7/c29-21(25-27-15-7-3-1-5-13(15)11-17(27)23(31)32)19-9-10-20(35-19)22(30)26-28-16-8-4-2-6-14(16)12-18(28)24(33)34/h1-12H,(H,25,29)(H,26,30)(H,31,32)(H,33,34). The summed E-state index contributed by atoms with van der Waals surface area (Å²) in [5, 5.41) is 20.2. The average Bonchev–Trinajstić information content (AvgIpc) is 3.55. The largest absolute Gasteiger partial charge is 0.477 e. The molecule has 0 spiro atoms. The predicted octanol–water partition coefficient (Wildman–Crippen LogP) is 3.35. The van der Waals surface area contributed by atoms with Gasteiger partial charge >= 0.3 is 23.8 Å². The summed E-state index contributed by atoms with van der Waals surface area (Å²) in [6.45, 7) is 0. The van der Waals surface area contributed by atoms with Crippen molar-refractivity contribution in [2.45, 2.75) is 0 Å². The van der Waals surface area contributed by atoms with Gasteiger partial charge in [0.1, 0.15) is 11.4 Å². The Bertz CT molecular complexity index is 1540. The minimum Gasteiger partial charge on any atom is -0.477 e. The summed E-state index contributed by atoms with van der Waals surface area (Å²) >= 11 is 0. The number of hydrogen-bond donors (Lipinski definition) is 4. The normalized spacial score (nSPS) is 11.0. The lowest BCUT2D eigenvalue weighted by Gasteiger charge is -2.10. The predicted molar refractivity (Wildman–Crippen MR) is 124 cm³/mol. The van der Waals surface area contributed by atoms with Crippen LogP contribution in [-0.4, -0.2) is 43.3 Å².